The smallest absolute Gasteiger partial charge is 0.410 e. The zero-order valence-electron chi connectivity index (χ0n) is 14.8. The minimum absolute atomic E-state index is 0.102. The summed E-state index contributed by atoms with van der Waals surface area (Å²) in [5, 5.41) is 11.8. The fourth-order valence-electron chi connectivity index (χ4n) is 3.24. The number of amides is 1. The maximum Gasteiger partial charge on any atom is 0.410 e. The van der Waals surface area contributed by atoms with Crippen molar-refractivity contribution in [1.29, 1.82) is 0 Å². The van der Waals surface area contributed by atoms with E-state index in [9.17, 15) is 14.9 Å². The molecule has 7 nitrogen and oxygen atoms in total. The van der Waals surface area contributed by atoms with Crippen LogP contribution in [0, 0.1) is 10.1 Å². The lowest BCUT2D eigenvalue weighted by atomic mass is 10.0. The fourth-order valence-corrected chi connectivity index (χ4v) is 3.24. The molecule has 3 rings (SSSR count). The molecule has 1 aliphatic rings. The molecule has 0 aliphatic carbocycles. The van der Waals surface area contributed by atoms with Crippen LogP contribution in [0.3, 0.4) is 0 Å². The van der Waals surface area contributed by atoms with Crippen LogP contribution >= 0.6 is 0 Å². The van der Waals surface area contributed by atoms with Gasteiger partial charge in [0.15, 0.2) is 0 Å². The van der Waals surface area contributed by atoms with Crippen molar-refractivity contribution in [3.05, 3.63) is 40.6 Å². The summed E-state index contributed by atoms with van der Waals surface area (Å²) in [6.07, 6.45) is 3.38. The first kappa shape index (κ1) is 17.3. The van der Waals surface area contributed by atoms with Gasteiger partial charge in [0.2, 0.25) is 0 Å². The lowest BCUT2D eigenvalue weighted by Gasteiger charge is -2.34. The van der Waals surface area contributed by atoms with Gasteiger partial charge in [0.1, 0.15) is 5.60 Å². The van der Waals surface area contributed by atoms with Gasteiger partial charge >= 0.3 is 6.09 Å². The van der Waals surface area contributed by atoms with E-state index in [0.29, 0.717) is 13.1 Å². The lowest BCUT2D eigenvalue weighted by Crippen LogP contribution is -2.42. The van der Waals surface area contributed by atoms with Crippen LogP contribution in [0.5, 0.6) is 0 Å². The van der Waals surface area contributed by atoms with E-state index in [0.717, 1.165) is 23.7 Å². The minimum Gasteiger partial charge on any atom is -0.444 e. The number of rotatable bonds is 2. The van der Waals surface area contributed by atoms with Gasteiger partial charge in [-0.05, 0) is 45.7 Å². The Morgan fingerprint density at radius 3 is 2.52 bits per heavy atom. The van der Waals surface area contributed by atoms with Gasteiger partial charge < -0.3 is 14.2 Å². The Morgan fingerprint density at radius 2 is 1.92 bits per heavy atom. The van der Waals surface area contributed by atoms with Crippen LogP contribution in [-0.2, 0) is 4.74 Å². The Morgan fingerprint density at radius 1 is 1.24 bits per heavy atom. The number of nitrogens with zero attached hydrogens (tertiary/aromatic N) is 3. The number of non-ortho nitro benzene ring substituents is 1. The molecule has 134 valence electrons. The standard InChI is InChI=1S/C18H23N3O4/c1-18(2,3)25-17(22)19-9-7-14(8-10-19)20-11-6-13-12-15(21(23)24)4-5-16(13)20/h4-6,11-12,14H,7-10H2,1-3H3. The van der Waals surface area contributed by atoms with Gasteiger partial charge in [0.05, 0.1) is 4.92 Å². The normalized spacial score (nSPS) is 16.2. The van der Waals surface area contributed by atoms with Crippen molar-refractivity contribution < 1.29 is 14.5 Å². The minimum atomic E-state index is -0.487. The van der Waals surface area contributed by atoms with Crippen molar-refractivity contribution in [3.8, 4) is 0 Å². The van der Waals surface area contributed by atoms with Crippen LogP contribution in [0.25, 0.3) is 10.9 Å². The van der Waals surface area contributed by atoms with Crippen molar-refractivity contribution >= 4 is 22.7 Å². The molecule has 1 amide bonds. The summed E-state index contributed by atoms with van der Waals surface area (Å²) in [5.41, 5.74) is 0.602. The number of likely N-dealkylation sites (tertiary alicyclic amines) is 1. The van der Waals surface area contributed by atoms with Crippen molar-refractivity contribution in [2.75, 3.05) is 13.1 Å². The molecule has 0 saturated carbocycles. The molecule has 0 spiro atoms. The van der Waals surface area contributed by atoms with Crippen LogP contribution in [0.4, 0.5) is 10.5 Å². The first-order valence-corrected chi connectivity index (χ1v) is 8.47. The average molecular weight is 345 g/mol. The van der Waals surface area contributed by atoms with Crippen LogP contribution in [0.2, 0.25) is 0 Å². The number of fused-ring (bicyclic) bond motifs is 1. The second-order valence-corrected chi connectivity index (χ2v) is 7.42. The van der Waals surface area contributed by atoms with Gasteiger partial charge in [-0.3, -0.25) is 10.1 Å². The molecule has 0 radical (unpaired) electrons. The van der Waals surface area contributed by atoms with Gasteiger partial charge in [-0.2, -0.15) is 0 Å². The van der Waals surface area contributed by atoms with E-state index in [4.69, 9.17) is 4.74 Å². The molecule has 0 unspecified atom stereocenters. The number of aromatic nitrogens is 1. The summed E-state index contributed by atoms with van der Waals surface area (Å²) >= 11 is 0. The molecule has 0 bridgehead atoms. The number of ether oxygens (including phenoxy) is 1. The Labute approximate surface area is 146 Å². The largest absolute Gasteiger partial charge is 0.444 e. The molecule has 2 heterocycles. The van der Waals surface area contributed by atoms with Gasteiger partial charge in [0.25, 0.3) is 5.69 Å². The monoisotopic (exact) mass is 345 g/mol. The van der Waals surface area contributed by atoms with E-state index in [2.05, 4.69) is 4.57 Å². The van der Waals surface area contributed by atoms with E-state index in [-0.39, 0.29) is 22.7 Å². The third-order valence-electron chi connectivity index (χ3n) is 4.42. The van der Waals surface area contributed by atoms with E-state index >= 15 is 0 Å². The fraction of sp³-hybridized carbons (Fsp3) is 0.500. The highest BCUT2D eigenvalue weighted by molar-refractivity contribution is 5.82. The van der Waals surface area contributed by atoms with Gasteiger partial charge in [-0.1, -0.05) is 0 Å². The lowest BCUT2D eigenvalue weighted by molar-refractivity contribution is -0.384. The molecule has 1 fully saturated rings. The Bertz CT molecular complexity index is 798. The molecule has 0 N–H and O–H groups in total. The maximum atomic E-state index is 12.2. The van der Waals surface area contributed by atoms with E-state index < -0.39 is 5.60 Å². The average Bonchev–Trinajstić information content (AvgIpc) is 2.96. The molecular weight excluding hydrogens is 322 g/mol. The van der Waals surface area contributed by atoms with Crippen LogP contribution in [0.1, 0.15) is 39.7 Å². The second-order valence-electron chi connectivity index (χ2n) is 7.42. The molecule has 1 saturated heterocycles. The first-order chi connectivity index (χ1) is 11.7. The summed E-state index contributed by atoms with van der Waals surface area (Å²) in [6, 6.07) is 7.12. The SMILES string of the molecule is CC(C)(C)OC(=O)N1CCC(n2ccc3cc([N+](=O)[O-])ccc32)CC1. The Balaban J connectivity index is 1.70. The predicted octanol–water partition coefficient (Wildman–Crippen LogP) is 4.12. The van der Waals surface area contributed by atoms with Gasteiger partial charge in [-0.15, -0.1) is 0 Å². The highest BCUT2D eigenvalue weighted by atomic mass is 16.6. The maximum absolute atomic E-state index is 12.2. The number of benzene rings is 1. The van der Waals surface area contributed by atoms with Gasteiger partial charge in [-0.25, -0.2) is 4.79 Å². The summed E-state index contributed by atoms with van der Waals surface area (Å²) in [6.45, 7) is 6.88. The molecule has 0 atom stereocenters. The number of nitro benzene ring substituents is 1. The third-order valence-corrected chi connectivity index (χ3v) is 4.42. The summed E-state index contributed by atoms with van der Waals surface area (Å²) < 4.78 is 7.58. The number of nitro groups is 1. The zero-order valence-corrected chi connectivity index (χ0v) is 14.8. The van der Waals surface area contributed by atoms with Gasteiger partial charge in [0, 0.05) is 48.4 Å². The summed E-state index contributed by atoms with van der Waals surface area (Å²) in [4.78, 5) is 24.4. The molecule has 1 aromatic heterocycles. The number of hydrogen-bond donors (Lipinski definition) is 0. The van der Waals surface area contributed by atoms with E-state index in [1.54, 1.807) is 17.0 Å². The van der Waals surface area contributed by atoms with Crippen LogP contribution in [0.15, 0.2) is 30.5 Å². The summed E-state index contributed by atoms with van der Waals surface area (Å²) in [7, 11) is 0. The highest BCUT2D eigenvalue weighted by Gasteiger charge is 2.28. The molecule has 7 heteroatoms. The predicted molar refractivity (Wildman–Crippen MR) is 94.7 cm³/mol. The second kappa shape index (κ2) is 6.38. The summed E-state index contributed by atoms with van der Waals surface area (Å²) in [5.74, 6) is 0. The molecule has 25 heavy (non-hydrogen) atoms. The highest BCUT2D eigenvalue weighted by Crippen LogP contribution is 2.30. The number of carbonyl (C=O) groups is 1. The van der Waals surface area contributed by atoms with Crippen molar-refractivity contribution in [2.45, 2.75) is 45.3 Å². The van der Waals surface area contributed by atoms with Crippen molar-refractivity contribution in [3.63, 3.8) is 0 Å². The van der Waals surface area contributed by atoms with Crippen LogP contribution < -0.4 is 0 Å². The first-order valence-electron chi connectivity index (χ1n) is 8.47. The molecule has 1 aromatic carbocycles. The Kier molecular flexibility index (Phi) is 4.41. The van der Waals surface area contributed by atoms with Crippen LogP contribution in [-0.4, -0.2) is 39.2 Å². The Hall–Kier alpha value is -2.57. The van der Waals surface area contributed by atoms with E-state index in [1.807, 2.05) is 33.0 Å². The van der Waals surface area contributed by atoms with Crippen molar-refractivity contribution in [1.82, 2.24) is 9.47 Å². The van der Waals surface area contributed by atoms with Crippen molar-refractivity contribution in [2.24, 2.45) is 0 Å². The number of carbonyl (C=O) groups excluding carboxylic acids is 1. The third kappa shape index (κ3) is 3.75. The molecule has 2 aromatic rings. The quantitative estimate of drug-likeness (QED) is 0.606. The molecule has 1 aliphatic heterocycles. The number of hydrogen-bond acceptors (Lipinski definition) is 4. The topological polar surface area (TPSA) is 77.6 Å². The zero-order chi connectivity index (χ0) is 18.2. The van der Waals surface area contributed by atoms with E-state index in [1.165, 1.54) is 6.07 Å². The number of piperidine rings is 1. The molecular formula is C18H23N3O4.